The lowest BCUT2D eigenvalue weighted by atomic mass is 9.98. The minimum absolute atomic E-state index is 0.124. The number of carbonyl (C=O) groups is 2. The Labute approximate surface area is 163 Å². The lowest BCUT2D eigenvalue weighted by molar-refractivity contribution is -0.124. The Hall–Kier alpha value is -2.96. The number of halogens is 2. The molecule has 0 fully saturated rings. The monoisotopic (exact) mass is 389 g/mol. The van der Waals surface area contributed by atoms with Crippen LogP contribution in [0.2, 0.25) is 0 Å². The summed E-state index contributed by atoms with van der Waals surface area (Å²) < 4.78 is 26.7. The van der Waals surface area contributed by atoms with Gasteiger partial charge in [-0.2, -0.15) is 0 Å². The molecule has 0 aliphatic carbocycles. The Bertz CT molecular complexity index is 799. The van der Waals surface area contributed by atoms with Crippen LogP contribution in [0, 0.1) is 17.6 Å². The van der Waals surface area contributed by atoms with Crippen molar-refractivity contribution in [3.8, 4) is 0 Å². The van der Waals surface area contributed by atoms with Crippen molar-refractivity contribution >= 4 is 17.6 Å². The van der Waals surface area contributed by atoms with E-state index in [0.717, 1.165) is 17.7 Å². The summed E-state index contributed by atoms with van der Waals surface area (Å²) in [4.78, 5) is 24.8. The molecule has 28 heavy (non-hydrogen) atoms. The molecule has 0 heterocycles. The van der Waals surface area contributed by atoms with Crippen molar-refractivity contribution in [2.24, 2.45) is 5.92 Å². The summed E-state index contributed by atoms with van der Waals surface area (Å²) in [5, 5.41) is 7.73. The second kappa shape index (κ2) is 10.4. The zero-order valence-electron chi connectivity index (χ0n) is 16.0. The number of hydrogen-bond acceptors (Lipinski definition) is 2. The fourth-order valence-corrected chi connectivity index (χ4v) is 2.68. The molecule has 2 unspecified atom stereocenters. The summed E-state index contributed by atoms with van der Waals surface area (Å²) in [5.74, 6) is -2.05. The number of anilines is 1. The molecule has 0 aliphatic rings. The van der Waals surface area contributed by atoms with Gasteiger partial charge in [0, 0.05) is 12.6 Å². The molecule has 150 valence electrons. The van der Waals surface area contributed by atoms with E-state index in [1.165, 1.54) is 0 Å². The highest BCUT2D eigenvalue weighted by Gasteiger charge is 2.26. The molecule has 3 N–H and O–H groups in total. The van der Waals surface area contributed by atoms with E-state index in [1.54, 1.807) is 0 Å². The number of benzene rings is 2. The van der Waals surface area contributed by atoms with E-state index < -0.39 is 23.7 Å². The van der Waals surface area contributed by atoms with Crippen LogP contribution < -0.4 is 16.0 Å². The molecule has 0 radical (unpaired) electrons. The lowest BCUT2D eigenvalue weighted by Gasteiger charge is -2.23. The van der Waals surface area contributed by atoms with E-state index in [9.17, 15) is 18.4 Å². The van der Waals surface area contributed by atoms with E-state index in [2.05, 4.69) is 16.0 Å². The summed E-state index contributed by atoms with van der Waals surface area (Å²) >= 11 is 0. The van der Waals surface area contributed by atoms with Crippen LogP contribution in [0.1, 0.15) is 25.8 Å². The van der Waals surface area contributed by atoms with Gasteiger partial charge in [0.25, 0.3) is 0 Å². The summed E-state index contributed by atoms with van der Waals surface area (Å²) in [6, 6.07) is 11.1. The SMILES string of the molecule is CCC(C)C(NC(=O)Nc1ccc(F)cc1F)C(=O)NCCc1ccccc1. The lowest BCUT2D eigenvalue weighted by Crippen LogP contribution is -2.51. The summed E-state index contributed by atoms with van der Waals surface area (Å²) in [6.45, 7) is 4.19. The van der Waals surface area contributed by atoms with Crippen LogP contribution >= 0.6 is 0 Å². The van der Waals surface area contributed by atoms with Crippen molar-refractivity contribution in [2.75, 3.05) is 11.9 Å². The van der Waals surface area contributed by atoms with Crippen LogP contribution in [0.3, 0.4) is 0 Å². The quantitative estimate of drug-likeness (QED) is 0.642. The van der Waals surface area contributed by atoms with Crippen LogP contribution in [0.15, 0.2) is 48.5 Å². The Morgan fingerprint density at radius 2 is 1.79 bits per heavy atom. The standard InChI is InChI=1S/C21H25F2N3O2/c1-3-14(2)19(20(27)24-12-11-15-7-5-4-6-8-15)26-21(28)25-18-10-9-16(22)13-17(18)23/h4-10,13-14,19H,3,11-12H2,1-2H3,(H,24,27)(H2,25,26,28). The first-order valence-corrected chi connectivity index (χ1v) is 9.25. The van der Waals surface area contributed by atoms with Gasteiger partial charge in [0.1, 0.15) is 17.7 Å². The van der Waals surface area contributed by atoms with Gasteiger partial charge in [-0.05, 0) is 30.0 Å². The maximum atomic E-state index is 13.7. The smallest absolute Gasteiger partial charge is 0.319 e. The highest BCUT2D eigenvalue weighted by molar-refractivity contribution is 5.93. The van der Waals surface area contributed by atoms with E-state index in [4.69, 9.17) is 0 Å². The number of carbonyl (C=O) groups excluding carboxylic acids is 2. The first-order valence-electron chi connectivity index (χ1n) is 9.25. The number of amides is 3. The molecule has 2 aromatic rings. The Kier molecular flexibility index (Phi) is 7.92. The molecule has 0 saturated carbocycles. The van der Waals surface area contributed by atoms with Crippen molar-refractivity contribution in [1.29, 1.82) is 0 Å². The van der Waals surface area contributed by atoms with Gasteiger partial charge in [0.05, 0.1) is 5.69 Å². The molecular formula is C21H25F2N3O2. The zero-order chi connectivity index (χ0) is 20.5. The van der Waals surface area contributed by atoms with Crippen LogP contribution in [-0.4, -0.2) is 24.5 Å². The summed E-state index contributed by atoms with van der Waals surface area (Å²) in [7, 11) is 0. The summed E-state index contributed by atoms with van der Waals surface area (Å²) in [6.07, 6.45) is 1.34. The first-order chi connectivity index (χ1) is 13.4. The molecular weight excluding hydrogens is 364 g/mol. The molecule has 0 spiro atoms. The first kappa shape index (κ1) is 21.3. The van der Waals surface area contributed by atoms with E-state index in [1.807, 2.05) is 44.2 Å². The van der Waals surface area contributed by atoms with E-state index in [-0.39, 0.29) is 17.5 Å². The maximum Gasteiger partial charge on any atom is 0.319 e. The third-order valence-electron chi connectivity index (χ3n) is 4.52. The van der Waals surface area contributed by atoms with Crippen molar-refractivity contribution in [3.63, 3.8) is 0 Å². The van der Waals surface area contributed by atoms with E-state index >= 15 is 0 Å². The van der Waals surface area contributed by atoms with Crippen LogP contribution in [0.25, 0.3) is 0 Å². The zero-order valence-corrected chi connectivity index (χ0v) is 16.0. The van der Waals surface area contributed by atoms with Gasteiger partial charge in [-0.25, -0.2) is 13.6 Å². The average Bonchev–Trinajstić information content (AvgIpc) is 2.68. The fraction of sp³-hybridized carbons (Fsp3) is 0.333. The van der Waals surface area contributed by atoms with Crippen molar-refractivity contribution in [1.82, 2.24) is 10.6 Å². The molecule has 2 atom stereocenters. The molecule has 0 aliphatic heterocycles. The third-order valence-corrected chi connectivity index (χ3v) is 4.52. The second-order valence-corrected chi connectivity index (χ2v) is 6.61. The molecule has 0 aromatic heterocycles. The van der Waals surface area contributed by atoms with Gasteiger partial charge >= 0.3 is 6.03 Å². The molecule has 5 nitrogen and oxygen atoms in total. The van der Waals surface area contributed by atoms with Gasteiger partial charge in [0.15, 0.2) is 0 Å². The third kappa shape index (κ3) is 6.33. The van der Waals surface area contributed by atoms with Gasteiger partial charge in [-0.15, -0.1) is 0 Å². The Morgan fingerprint density at radius 3 is 2.43 bits per heavy atom. The fourth-order valence-electron chi connectivity index (χ4n) is 2.68. The molecule has 7 heteroatoms. The Balaban J connectivity index is 1.94. The molecule has 2 aromatic carbocycles. The normalized spacial score (nSPS) is 12.7. The van der Waals surface area contributed by atoms with Crippen LogP contribution in [0.4, 0.5) is 19.3 Å². The largest absolute Gasteiger partial charge is 0.354 e. The van der Waals surface area contributed by atoms with Crippen molar-refractivity contribution < 1.29 is 18.4 Å². The number of rotatable bonds is 8. The number of hydrogen-bond donors (Lipinski definition) is 3. The van der Waals surface area contributed by atoms with Gasteiger partial charge < -0.3 is 16.0 Å². The second-order valence-electron chi connectivity index (χ2n) is 6.61. The minimum atomic E-state index is -0.887. The van der Waals surface area contributed by atoms with Crippen LogP contribution in [-0.2, 0) is 11.2 Å². The number of urea groups is 1. The minimum Gasteiger partial charge on any atom is -0.354 e. The van der Waals surface area contributed by atoms with Crippen LogP contribution in [0.5, 0.6) is 0 Å². The highest BCUT2D eigenvalue weighted by atomic mass is 19.1. The van der Waals surface area contributed by atoms with Gasteiger partial charge in [-0.1, -0.05) is 50.6 Å². The van der Waals surface area contributed by atoms with Crippen molar-refractivity contribution in [3.05, 3.63) is 65.7 Å². The van der Waals surface area contributed by atoms with Crippen molar-refractivity contribution in [2.45, 2.75) is 32.7 Å². The molecule has 0 saturated heterocycles. The number of nitrogens with one attached hydrogen (secondary N) is 3. The molecule has 0 bridgehead atoms. The van der Waals surface area contributed by atoms with Gasteiger partial charge in [0.2, 0.25) is 5.91 Å². The molecule has 2 rings (SSSR count). The molecule has 3 amide bonds. The Morgan fingerprint density at radius 1 is 1.07 bits per heavy atom. The average molecular weight is 389 g/mol. The highest BCUT2D eigenvalue weighted by Crippen LogP contribution is 2.15. The summed E-state index contributed by atoms with van der Waals surface area (Å²) in [5.41, 5.74) is 0.937. The van der Waals surface area contributed by atoms with E-state index in [0.29, 0.717) is 25.5 Å². The maximum absolute atomic E-state index is 13.7. The topological polar surface area (TPSA) is 70.2 Å². The van der Waals surface area contributed by atoms with Gasteiger partial charge in [-0.3, -0.25) is 4.79 Å². The predicted octanol–water partition coefficient (Wildman–Crippen LogP) is 3.86. The predicted molar refractivity (Wildman–Crippen MR) is 105 cm³/mol.